The molecule has 0 fully saturated rings. The van der Waals surface area contributed by atoms with Gasteiger partial charge in [0.2, 0.25) is 0 Å². The standard InChI is InChI=1S/C18H36O2/c1-4-5-6-7-8-9-10-11-12-13-14-15-16-20-18(19)17(2)3/h17H,4-16H2,1-3H3. The predicted molar refractivity (Wildman–Crippen MR) is 86.9 cm³/mol. The molecule has 0 aliphatic carbocycles. The molecule has 0 atom stereocenters. The highest BCUT2D eigenvalue weighted by Gasteiger charge is 2.06. The van der Waals surface area contributed by atoms with Gasteiger partial charge in [0.25, 0.3) is 0 Å². The zero-order valence-electron chi connectivity index (χ0n) is 14.1. The molecule has 0 radical (unpaired) electrons. The molecule has 0 saturated heterocycles. The van der Waals surface area contributed by atoms with Gasteiger partial charge in [-0.05, 0) is 6.42 Å². The second-order valence-electron chi connectivity index (χ2n) is 6.21. The molecule has 0 aromatic carbocycles. The Morgan fingerprint density at radius 3 is 1.55 bits per heavy atom. The molecular weight excluding hydrogens is 248 g/mol. The summed E-state index contributed by atoms with van der Waals surface area (Å²) in [5.74, 6) is -0.0552. The van der Waals surface area contributed by atoms with Crippen molar-refractivity contribution in [3.8, 4) is 0 Å². The lowest BCUT2D eigenvalue weighted by molar-refractivity contribution is -0.147. The summed E-state index contributed by atoms with van der Waals surface area (Å²) in [7, 11) is 0. The fourth-order valence-corrected chi connectivity index (χ4v) is 2.28. The summed E-state index contributed by atoms with van der Waals surface area (Å²) in [6.45, 7) is 6.63. The van der Waals surface area contributed by atoms with Gasteiger partial charge in [0, 0.05) is 0 Å². The maximum Gasteiger partial charge on any atom is 0.308 e. The number of unbranched alkanes of at least 4 members (excludes halogenated alkanes) is 11. The van der Waals surface area contributed by atoms with Crippen LogP contribution in [0.3, 0.4) is 0 Å². The highest BCUT2D eigenvalue weighted by Crippen LogP contribution is 2.12. The van der Waals surface area contributed by atoms with Gasteiger partial charge in [0.05, 0.1) is 12.5 Å². The molecule has 120 valence electrons. The third-order valence-corrected chi connectivity index (χ3v) is 3.71. The van der Waals surface area contributed by atoms with Crippen LogP contribution in [-0.4, -0.2) is 12.6 Å². The van der Waals surface area contributed by atoms with Crippen molar-refractivity contribution in [3.05, 3.63) is 0 Å². The molecule has 0 saturated carbocycles. The van der Waals surface area contributed by atoms with E-state index in [1.165, 1.54) is 70.6 Å². The molecular formula is C18H36O2. The Labute approximate surface area is 126 Å². The molecule has 2 heteroatoms. The van der Waals surface area contributed by atoms with Crippen LogP contribution in [0.25, 0.3) is 0 Å². The van der Waals surface area contributed by atoms with Gasteiger partial charge in [-0.25, -0.2) is 0 Å². The van der Waals surface area contributed by atoms with Gasteiger partial charge in [-0.15, -0.1) is 0 Å². The van der Waals surface area contributed by atoms with Crippen molar-refractivity contribution < 1.29 is 9.53 Å². The molecule has 2 nitrogen and oxygen atoms in total. The van der Waals surface area contributed by atoms with E-state index >= 15 is 0 Å². The summed E-state index contributed by atoms with van der Waals surface area (Å²) in [6, 6.07) is 0. The Bertz CT molecular complexity index is 211. The first-order valence-corrected chi connectivity index (χ1v) is 8.85. The topological polar surface area (TPSA) is 26.3 Å². The van der Waals surface area contributed by atoms with Crippen molar-refractivity contribution in [2.24, 2.45) is 5.92 Å². The van der Waals surface area contributed by atoms with Crippen molar-refractivity contribution in [2.75, 3.05) is 6.61 Å². The summed E-state index contributed by atoms with van der Waals surface area (Å²) in [4.78, 5) is 11.2. The van der Waals surface area contributed by atoms with Gasteiger partial charge >= 0.3 is 5.97 Å². The SMILES string of the molecule is CCCCCCCCCCCCCCOC(=O)C(C)C. The lowest BCUT2D eigenvalue weighted by atomic mass is 10.1. The maximum absolute atomic E-state index is 11.2. The first-order valence-electron chi connectivity index (χ1n) is 8.85. The Morgan fingerprint density at radius 2 is 1.15 bits per heavy atom. The highest BCUT2D eigenvalue weighted by molar-refractivity contribution is 5.71. The third kappa shape index (κ3) is 13.9. The predicted octanol–water partition coefficient (Wildman–Crippen LogP) is 5.89. The number of ether oxygens (including phenoxy) is 1. The van der Waals surface area contributed by atoms with E-state index in [0.29, 0.717) is 6.61 Å². The molecule has 0 spiro atoms. The van der Waals surface area contributed by atoms with Crippen LogP contribution in [0.5, 0.6) is 0 Å². The fraction of sp³-hybridized carbons (Fsp3) is 0.944. The first-order chi connectivity index (χ1) is 9.68. The third-order valence-electron chi connectivity index (χ3n) is 3.71. The van der Waals surface area contributed by atoms with Gasteiger partial charge in [-0.2, -0.15) is 0 Å². The van der Waals surface area contributed by atoms with E-state index in [9.17, 15) is 4.79 Å². The van der Waals surface area contributed by atoms with Crippen LogP contribution >= 0.6 is 0 Å². The summed E-state index contributed by atoms with van der Waals surface area (Å²) < 4.78 is 5.16. The Balaban J connectivity index is 3.04. The van der Waals surface area contributed by atoms with Crippen LogP contribution in [0.1, 0.15) is 97.8 Å². The minimum absolute atomic E-state index is 0.00678. The number of carbonyl (C=O) groups is 1. The number of hydrogen-bond donors (Lipinski definition) is 0. The summed E-state index contributed by atoms with van der Waals surface area (Å²) in [5.41, 5.74) is 0. The monoisotopic (exact) mass is 284 g/mol. The number of carbonyl (C=O) groups excluding carboxylic acids is 1. The minimum atomic E-state index is -0.0620. The summed E-state index contributed by atoms with van der Waals surface area (Å²) >= 11 is 0. The van der Waals surface area contributed by atoms with Crippen molar-refractivity contribution in [1.82, 2.24) is 0 Å². The van der Waals surface area contributed by atoms with Crippen LogP contribution in [0, 0.1) is 5.92 Å². The van der Waals surface area contributed by atoms with E-state index in [4.69, 9.17) is 4.74 Å². The Kier molecular flexibility index (Phi) is 14.5. The van der Waals surface area contributed by atoms with E-state index in [1.807, 2.05) is 13.8 Å². The van der Waals surface area contributed by atoms with Crippen LogP contribution in [0.4, 0.5) is 0 Å². The lowest BCUT2D eigenvalue weighted by Gasteiger charge is -2.06. The van der Waals surface area contributed by atoms with Crippen molar-refractivity contribution in [2.45, 2.75) is 97.8 Å². The van der Waals surface area contributed by atoms with Crippen molar-refractivity contribution in [3.63, 3.8) is 0 Å². The lowest BCUT2D eigenvalue weighted by Crippen LogP contribution is -2.12. The van der Waals surface area contributed by atoms with E-state index in [0.717, 1.165) is 6.42 Å². The molecule has 0 aromatic rings. The smallest absolute Gasteiger partial charge is 0.308 e. The number of hydrogen-bond acceptors (Lipinski definition) is 2. The Morgan fingerprint density at radius 1 is 0.750 bits per heavy atom. The molecule has 0 rings (SSSR count). The van der Waals surface area contributed by atoms with Gasteiger partial charge in [-0.1, -0.05) is 91.4 Å². The fourth-order valence-electron chi connectivity index (χ4n) is 2.28. The van der Waals surface area contributed by atoms with Crippen molar-refractivity contribution in [1.29, 1.82) is 0 Å². The van der Waals surface area contributed by atoms with E-state index in [-0.39, 0.29) is 11.9 Å². The average molecular weight is 284 g/mol. The molecule has 0 N–H and O–H groups in total. The molecule has 0 aliphatic rings. The van der Waals surface area contributed by atoms with Crippen LogP contribution in [-0.2, 0) is 9.53 Å². The zero-order valence-corrected chi connectivity index (χ0v) is 14.1. The zero-order chi connectivity index (χ0) is 15.1. The average Bonchev–Trinajstić information content (AvgIpc) is 2.43. The number of rotatable bonds is 14. The van der Waals surface area contributed by atoms with Gasteiger partial charge < -0.3 is 4.74 Å². The normalized spacial score (nSPS) is 11.0. The molecule has 0 aliphatic heterocycles. The first kappa shape index (κ1) is 19.5. The maximum atomic E-state index is 11.2. The molecule has 0 aromatic heterocycles. The second kappa shape index (κ2) is 14.9. The largest absolute Gasteiger partial charge is 0.465 e. The molecule has 0 amide bonds. The molecule has 0 heterocycles. The van der Waals surface area contributed by atoms with Gasteiger partial charge in [-0.3, -0.25) is 4.79 Å². The van der Waals surface area contributed by atoms with Crippen molar-refractivity contribution >= 4 is 5.97 Å². The summed E-state index contributed by atoms with van der Waals surface area (Å²) in [5, 5.41) is 0. The number of esters is 1. The van der Waals surface area contributed by atoms with Crippen LogP contribution in [0.2, 0.25) is 0 Å². The summed E-state index contributed by atoms with van der Waals surface area (Å²) in [6.07, 6.45) is 16.0. The molecule has 20 heavy (non-hydrogen) atoms. The van der Waals surface area contributed by atoms with Crippen LogP contribution < -0.4 is 0 Å². The van der Waals surface area contributed by atoms with Gasteiger partial charge in [0.15, 0.2) is 0 Å². The Hall–Kier alpha value is -0.530. The van der Waals surface area contributed by atoms with E-state index in [2.05, 4.69) is 6.92 Å². The minimum Gasteiger partial charge on any atom is -0.465 e. The second-order valence-corrected chi connectivity index (χ2v) is 6.21. The van der Waals surface area contributed by atoms with E-state index < -0.39 is 0 Å². The molecule has 0 bridgehead atoms. The van der Waals surface area contributed by atoms with Gasteiger partial charge in [0.1, 0.15) is 0 Å². The van der Waals surface area contributed by atoms with E-state index in [1.54, 1.807) is 0 Å². The molecule has 0 unspecified atom stereocenters. The highest BCUT2D eigenvalue weighted by atomic mass is 16.5. The quantitative estimate of drug-likeness (QED) is 0.294. The van der Waals surface area contributed by atoms with Crippen LogP contribution in [0.15, 0.2) is 0 Å².